The van der Waals surface area contributed by atoms with E-state index in [0.29, 0.717) is 22.7 Å². The number of hydrogen-bond acceptors (Lipinski definition) is 2. The van der Waals surface area contributed by atoms with Gasteiger partial charge in [-0.05, 0) is 61.2 Å². The fourth-order valence-electron chi connectivity index (χ4n) is 3.29. The van der Waals surface area contributed by atoms with Crippen LogP contribution in [0, 0.1) is 0 Å². The molecule has 2 aromatic carbocycles. The number of nitrogens with one attached hydrogen (secondary N) is 1. The third kappa shape index (κ3) is 5.57. The Kier molecular flexibility index (Phi) is 6.88. The van der Waals surface area contributed by atoms with Crippen LogP contribution < -0.4 is 5.32 Å². The predicted molar refractivity (Wildman–Crippen MR) is 108 cm³/mol. The summed E-state index contributed by atoms with van der Waals surface area (Å²) in [6, 6.07) is 14.6. The van der Waals surface area contributed by atoms with Crippen LogP contribution in [-0.2, 0) is 6.42 Å². The molecular formula is C22H25ClN2O2. The molecule has 1 aliphatic rings. The maximum Gasteiger partial charge on any atom is 0.253 e. The standard InChI is InChI=1S/C22H25ClN2O2/c23-20-11-5-17(6-12-20)13-14-24-21(26)18-7-9-19(10-8-18)22(27)25-15-3-1-2-4-16-25/h5-12H,1-4,13-16H2,(H,24,26). The molecule has 1 heterocycles. The third-order valence-corrected chi connectivity index (χ3v) is 5.15. The van der Waals surface area contributed by atoms with Crippen molar-refractivity contribution in [2.24, 2.45) is 0 Å². The zero-order chi connectivity index (χ0) is 19.1. The molecule has 1 fully saturated rings. The van der Waals surface area contributed by atoms with E-state index >= 15 is 0 Å². The third-order valence-electron chi connectivity index (χ3n) is 4.90. The summed E-state index contributed by atoms with van der Waals surface area (Å²) in [5.74, 6) is -0.0654. The highest BCUT2D eigenvalue weighted by Gasteiger charge is 2.17. The summed E-state index contributed by atoms with van der Waals surface area (Å²) >= 11 is 5.87. The summed E-state index contributed by atoms with van der Waals surface area (Å²) in [5.41, 5.74) is 2.34. The Morgan fingerprint density at radius 2 is 1.44 bits per heavy atom. The molecule has 0 atom stereocenters. The van der Waals surface area contributed by atoms with Crippen molar-refractivity contribution in [3.8, 4) is 0 Å². The number of likely N-dealkylation sites (tertiary alicyclic amines) is 1. The van der Waals surface area contributed by atoms with Crippen LogP contribution in [0.15, 0.2) is 48.5 Å². The SMILES string of the molecule is O=C(NCCc1ccc(Cl)cc1)c1ccc(C(=O)N2CCCCCC2)cc1. The molecule has 2 amide bonds. The monoisotopic (exact) mass is 384 g/mol. The average Bonchev–Trinajstić information content (AvgIpc) is 2.98. The van der Waals surface area contributed by atoms with Crippen LogP contribution in [0.25, 0.3) is 0 Å². The van der Waals surface area contributed by atoms with E-state index in [-0.39, 0.29) is 11.8 Å². The number of benzene rings is 2. The quantitative estimate of drug-likeness (QED) is 0.834. The van der Waals surface area contributed by atoms with Crippen molar-refractivity contribution in [3.63, 3.8) is 0 Å². The molecule has 1 saturated heterocycles. The van der Waals surface area contributed by atoms with E-state index in [4.69, 9.17) is 11.6 Å². The number of nitrogens with zero attached hydrogens (tertiary/aromatic N) is 1. The zero-order valence-corrected chi connectivity index (χ0v) is 16.2. The lowest BCUT2D eigenvalue weighted by molar-refractivity contribution is 0.0761. The van der Waals surface area contributed by atoms with Crippen molar-refractivity contribution < 1.29 is 9.59 Å². The molecule has 0 unspecified atom stereocenters. The number of carbonyl (C=O) groups is 2. The smallest absolute Gasteiger partial charge is 0.253 e. The molecule has 0 spiro atoms. The van der Waals surface area contributed by atoms with Crippen LogP contribution in [0.1, 0.15) is 52.0 Å². The predicted octanol–water partition coefficient (Wildman–Crippen LogP) is 4.33. The lowest BCUT2D eigenvalue weighted by Gasteiger charge is -2.20. The van der Waals surface area contributed by atoms with Crippen molar-refractivity contribution in [2.75, 3.05) is 19.6 Å². The Bertz CT molecular complexity index is 764. The molecule has 1 aliphatic heterocycles. The van der Waals surface area contributed by atoms with Gasteiger partial charge in [0.05, 0.1) is 0 Å². The second-order valence-electron chi connectivity index (χ2n) is 6.92. The summed E-state index contributed by atoms with van der Waals surface area (Å²) in [6.07, 6.45) is 5.27. The van der Waals surface area contributed by atoms with E-state index in [2.05, 4.69) is 5.32 Å². The molecule has 5 heteroatoms. The van der Waals surface area contributed by atoms with E-state index < -0.39 is 0 Å². The largest absolute Gasteiger partial charge is 0.352 e. The van der Waals surface area contributed by atoms with E-state index in [0.717, 1.165) is 37.9 Å². The molecule has 3 rings (SSSR count). The normalized spacial score (nSPS) is 14.5. The van der Waals surface area contributed by atoms with Crippen molar-refractivity contribution in [1.29, 1.82) is 0 Å². The van der Waals surface area contributed by atoms with Gasteiger partial charge in [-0.1, -0.05) is 36.6 Å². The van der Waals surface area contributed by atoms with Crippen molar-refractivity contribution in [3.05, 3.63) is 70.2 Å². The molecule has 142 valence electrons. The number of rotatable bonds is 5. The van der Waals surface area contributed by atoms with Crippen molar-refractivity contribution in [1.82, 2.24) is 10.2 Å². The molecular weight excluding hydrogens is 360 g/mol. The fraction of sp³-hybridized carbons (Fsp3) is 0.364. The summed E-state index contributed by atoms with van der Waals surface area (Å²) in [5, 5.41) is 3.62. The molecule has 1 N–H and O–H groups in total. The zero-order valence-electron chi connectivity index (χ0n) is 15.4. The second-order valence-corrected chi connectivity index (χ2v) is 7.35. The molecule has 27 heavy (non-hydrogen) atoms. The molecule has 4 nitrogen and oxygen atoms in total. The summed E-state index contributed by atoms with van der Waals surface area (Å²) in [7, 11) is 0. The summed E-state index contributed by atoms with van der Waals surface area (Å²) in [6.45, 7) is 2.20. The molecule has 0 saturated carbocycles. The minimum atomic E-state index is -0.127. The summed E-state index contributed by atoms with van der Waals surface area (Å²) in [4.78, 5) is 26.8. The van der Waals surface area contributed by atoms with Crippen LogP contribution in [0.5, 0.6) is 0 Å². The van der Waals surface area contributed by atoms with E-state index in [9.17, 15) is 9.59 Å². The van der Waals surface area contributed by atoms with Gasteiger partial charge in [-0.25, -0.2) is 0 Å². The highest BCUT2D eigenvalue weighted by Crippen LogP contribution is 2.14. The van der Waals surface area contributed by atoms with Gasteiger partial charge in [0.2, 0.25) is 0 Å². The van der Waals surface area contributed by atoms with Crippen LogP contribution in [0.3, 0.4) is 0 Å². The van der Waals surface area contributed by atoms with E-state index in [1.165, 1.54) is 12.8 Å². The second kappa shape index (κ2) is 9.56. The first-order valence-electron chi connectivity index (χ1n) is 9.55. The van der Waals surface area contributed by atoms with Gasteiger partial charge in [-0.15, -0.1) is 0 Å². The van der Waals surface area contributed by atoms with Gasteiger partial charge in [0.1, 0.15) is 0 Å². The van der Waals surface area contributed by atoms with Crippen LogP contribution in [0.2, 0.25) is 5.02 Å². The maximum atomic E-state index is 12.6. The Balaban J connectivity index is 1.52. The summed E-state index contributed by atoms with van der Waals surface area (Å²) < 4.78 is 0. The molecule has 0 bridgehead atoms. The Morgan fingerprint density at radius 3 is 2.07 bits per heavy atom. The van der Waals surface area contributed by atoms with Gasteiger partial charge in [-0.2, -0.15) is 0 Å². The van der Waals surface area contributed by atoms with Crippen molar-refractivity contribution in [2.45, 2.75) is 32.1 Å². The van der Waals surface area contributed by atoms with Gasteiger partial charge in [-0.3, -0.25) is 9.59 Å². The highest BCUT2D eigenvalue weighted by molar-refractivity contribution is 6.30. The molecule has 2 aromatic rings. The van der Waals surface area contributed by atoms with E-state index in [1.807, 2.05) is 29.2 Å². The Hall–Kier alpha value is -2.33. The van der Waals surface area contributed by atoms with Gasteiger partial charge >= 0.3 is 0 Å². The first-order chi connectivity index (χ1) is 13.1. The number of carbonyl (C=O) groups excluding carboxylic acids is 2. The van der Waals surface area contributed by atoms with E-state index in [1.54, 1.807) is 24.3 Å². The van der Waals surface area contributed by atoms with Crippen LogP contribution in [0.4, 0.5) is 0 Å². The number of halogens is 1. The number of hydrogen-bond donors (Lipinski definition) is 1. The fourth-order valence-corrected chi connectivity index (χ4v) is 3.42. The maximum absolute atomic E-state index is 12.6. The first kappa shape index (κ1) is 19.4. The molecule has 0 radical (unpaired) electrons. The highest BCUT2D eigenvalue weighted by atomic mass is 35.5. The topological polar surface area (TPSA) is 49.4 Å². The molecule has 0 aliphatic carbocycles. The van der Waals surface area contributed by atoms with Crippen LogP contribution in [-0.4, -0.2) is 36.3 Å². The van der Waals surface area contributed by atoms with Gasteiger partial charge in [0, 0.05) is 35.8 Å². The van der Waals surface area contributed by atoms with Gasteiger partial charge < -0.3 is 10.2 Å². The first-order valence-corrected chi connectivity index (χ1v) is 9.93. The van der Waals surface area contributed by atoms with Gasteiger partial charge in [0.25, 0.3) is 11.8 Å². The average molecular weight is 385 g/mol. The van der Waals surface area contributed by atoms with Crippen LogP contribution >= 0.6 is 11.6 Å². The van der Waals surface area contributed by atoms with Gasteiger partial charge in [0.15, 0.2) is 0 Å². The number of amides is 2. The van der Waals surface area contributed by atoms with Crippen molar-refractivity contribution >= 4 is 23.4 Å². The lowest BCUT2D eigenvalue weighted by atomic mass is 10.1. The minimum Gasteiger partial charge on any atom is -0.352 e. The Morgan fingerprint density at radius 1 is 0.852 bits per heavy atom. The molecule has 0 aromatic heterocycles. The minimum absolute atomic E-state index is 0.0617. The lowest BCUT2D eigenvalue weighted by Crippen LogP contribution is -2.32. The Labute approximate surface area is 165 Å².